The van der Waals surface area contributed by atoms with Crippen LogP contribution in [0.2, 0.25) is 0 Å². The minimum absolute atomic E-state index is 0.286. The van der Waals surface area contributed by atoms with Crippen LogP contribution in [0.3, 0.4) is 0 Å². The molecule has 0 unspecified atom stereocenters. The van der Waals surface area contributed by atoms with Gasteiger partial charge in [0.05, 0.1) is 12.2 Å². The molecule has 1 aromatic heterocycles. The fourth-order valence-corrected chi connectivity index (χ4v) is 0.866. The first kappa shape index (κ1) is 8.73. The Morgan fingerprint density at radius 3 is 2.83 bits per heavy atom. The van der Waals surface area contributed by atoms with Crippen molar-refractivity contribution in [1.82, 2.24) is 0 Å². The van der Waals surface area contributed by atoms with Gasteiger partial charge in [0.15, 0.2) is 0 Å². The van der Waals surface area contributed by atoms with Crippen LogP contribution in [0, 0.1) is 10.1 Å². The summed E-state index contributed by atoms with van der Waals surface area (Å²) in [5, 5.41) is 19.1. The third-order valence-corrected chi connectivity index (χ3v) is 1.32. The quantitative estimate of drug-likeness (QED) is 0.545. The fourth-order valence-electron chi connectivity index (χ4n) is 0.866. The summed E-state index contributed by atoms with van der Waals surface area (Å²) in [6, 6.07) is 2.77. The van der Waals surface area contributed by atoms with Crippen molar-refractivity contribution in [1.29, 1.82) is 0 Å². The van der Waals surface area contributed by atoms with Gasteiger partial charge in [-0.05, 0) is 13.0 Å². The molecule has 1 atom stereocenters. The number of aliphatic hydroxyl groups excluding tert-OH is 1. The van der Waals surface area contributed by atoms with Crippen LogP contribution in [0.5, 0.6) is 0 Å². The summed E-state index contributed by atoms with van der Waals surface area (Å²) in [6.45, 7) is 1.59. The Morgan fingerprint density at radius 2 is 2.42 bits per heavy atom. The second-order valence-corrected chi connectivity index (χ2v) is 2.55. The van der Waals surface area contributed by atoms with E-state index in [9.17, 15) is 10.1 Å². The molecule has 1 aromatic rings. The number of nitro groups is 1. The van der Waals surface area contributed by atoms with E-state index in [4.69, 9.17) is 9.52 Å². The zero-order valence-corrected chi connectivity index (χ0v) is 6.56. The van der Waals surface area contributed by atoms with E-state index in [0.29, 0.717) is 12.2 Å². The van der Waals surface area contributed by atoms with Crippen molar-refractivity contribution in [2.24, 2.45) is 0 Å². The maximum absolute atomic E-state index is 10.1. The molecular formula is C7H9NO4. The van der Waals surface area contributed by atoms with Crippen LogP contribution >= 0.6 is 0 Å². The predicted molar refractivity (Wildman–Crippen MR) is 40.7 cm³/mol. The Hall–Kier alpha value is -1.36. The lowest BCUT2D eigenvalue weighted by molar-refractivity contribution is -0.402. The molecule has 1 N–H and O–H groups in total. The summed E-state index contributed by atoms with van der Waals surface area (Å²) in [7, 11) is 0. The molecule has 0 spiro atoms. The van der Waals surface area contributed by atoms with E-state index in [1.807, 2.05) is 0 Å². The van der Waals surface area contributed by atoms with Crippen LogP contribution in [0.4, 0.5) is 5.88 Å². The van der Waals surface area contributed by atoms with Gasteiger partial charge >= 0.3 is 5.88 Å². The Morgan fingerprint density at radius 1 is 1.75 bits per heavy atom. The predicted octanol–water partition coefficient (Wildman–Crippen LogP) is 1.11. The molecule has 0 bridgehead atoms. The Labute approximate surface area is 68.8 Å². The van der Waals surface area contributed by atoms with E-state index in [-0.39, 0.29) is 5.88 Å². The molecular weight excluding hydrogens is 162 g/mol. The SMILES string of the molecule is C[C@@H](O)Cc1ccc([N+](=O)[O-])o1. The Kier molecular flexibility index (Phi) is 2.44. The normalized spacial score (nSPS) is 12.8. The van der Waals surface area contributed by atoms with Crippen molar-refractivity contribution in [3.63, 3.8) is 0 Å². The van der Waals surface area contributed by atoms with Gasteiger partial charge < -0.3 is 9.52 Å². The van der Waals surface area contributed by atoms with E-state index < -0.39 is 11.0 Å². The number of aliphatic hydroxyl groups is 1. The van der Waals surface area contributed by atoms with E-state index in [0.717, 1.165) is 0 Å². The van der Waals surface area contributed by atoms with Gasteiger partial charge in [-0.15, -0.1) is 0 Å². The van der Waals surface area contributed by atoms with Crippen LogP contribution in [0.15, 0.2) is 16.5 Å². The van der Waals surface area contributed by atoms with Crippen LogP contribution in [0.25, 0.3) is 0 Å². The van der Waals surface area contributed by atoms with E-state index in [2.05, 4.69) is 0 Å². The lowest BCUT2D eigenvalue weighted by atomic mass is 10.2. The molecule has 0 radical (unpaired) electrons. The molecule has 0 aromatic carbocycles. The molecule has 0 amide bonds. The van der Waals surface area contributed by atoms with Gasteiger partial charge in [0, 0.05) is 6.42 Å². The molecule has 0 aliphatic heterocycles. The van der Waals surface area contributed by atoms with Crippen molar-refractivity contribution < 1.29 is 14.4 Å². The number of rotatable bonds is 3. The monoisotopic (exact) mass is 171 g/mol. The average Bonchev–Trinajstić information content (AvgIpc) is 2.34. The molecule has 66 valence electrons. The van der Waals surface area contributed by atoms with E-state index in [1.165, 1.54) is 12.1 Å². The third-order valence-electron chi connectivity index (χ3n) is 1.32. The van der Waals surface area contributed by atoms with Gasteiger partial charge in [0.1, 0.15) is 10.7 Å². The highest BCUT2D eigenvalue weighted by atomic mass is 16.6. The van der Waals surface area contributed by atoms with Gasteiger partial charge in [-0.3, -0.25) is 10.1 Å². The summed E-state index contributed by atoms with van der Waals surface area (Å²) in [6.07, 6.45) is -0.246. The largest absolute Gasteiger partial charge is 0.433 e. The zero-order valence-electron chi connectivity index (χ0n) is 6.56. The molecule has 0 saturated heterocycles. The maximum Gasteiger partial charge on any atom is 0.433 e. The van der Waals surface area contributed by atoms with Crippen molar-refractivity contribution in [3.8, 4) is 0 Å². The number of hydrogen-bond donors (Lipinski definition) is 1. The van der Waals surface area contributed by atoms with Crippen molar-refractivity contribution in [2.75, 3.05) is 0 Å². The first-order valence-electron chi connectivity index (χ1n) is 3.51. The van der Waals surface area contributed by atoms with Gasteiger partial charge in [0.25, 0.3) is 0 Å². The van der Waals surface area contributed by atoms with Gasteiger partial charge in [-0.1, -0.05) is 0 Å². The average molecular weight is 171 g/mol. The minimum atomic E-state index is -0.606. The fraction of sp³-hybridized carbons (Fsp3) is 0.429. The molecule has 12 heavy (non-hydrogen) atoms. The molecule has 1 heterocycles. The lowest BCUT2D eigenvalue weighted by Gasteiger charge is -1.97. The van der Waals surface area contributed by atoms with Crippen molar-refractivity contribution in [3.05, 3.63) is 28.0 Å². The van der Waals surface area contributed by atoms with E-state index >= 15 is 0 Å². The molecule has 0 saturated carbocycles. The summed E-state index contributed by atoms with van der Waals surface area (Å²) >= 11 is 0. The minimum Gasteiger partial charge on any atom is -0.406 e. The van der Waals surface area contributed by atoms with Gasteiger partial charge in [-0.2, -0.15) is 0 Å². The van der Waals surface area contributed by atoms with Crippen LogP contribution in [0.1, 0.15) is 12.7 Å². The molecule has 5 nitrogen and oxygen atoms in total. The first-order chi connectivity index (χ1) is 5.59. The highest BCUT2D eigenvalue weighted by Gasteiger charge is 2.12. The van der Waals surface area contributed by atoms with Gasteiger partial charge in [0.2, 0.25) is 0 Å². The van der Waals surface area contributed by atoms with Crippen molar-refractivity contribution >= 4 is 5.88 Å². The molecule has 0 aliphatic rings. The highest BCUT2D eigenvalue weighted by Crippen LogP contribution is 2.16. The summed E-state index contributed by atoms with van der Waals surface area (Å²) in [5.74, 6) is 0.141. The standard InChI is InChI=1S/C7H9NO4/c1-5(9)4-6-2-3-7(12-6)8(10)11/h2-3,5,9H,4H2,1H3/t5-/m1/s1. The number of hydrogen-bond acceptors (Lipinski definition) is 4. The van der Waals surface area contributed by atoms with Crippen molar-refractivity contribution in [2.45, 2.75) is 19.4 Å². The number of furan rings is 1. The summed E-state index contributed by atoms with van der Waals surface area (Å²) in [4.78, 5) is 9.54. The molecule has 0 fully saturated rings. The Balaban J connectivity index is 2.71. The lowest BCUT2D eigenvalue weighted by Crippen LogP contribution is -2.02. The smallest absolute Gasteiger partial charge is 0.406 e. The first-order valence-corrected chi connectivity index (χ1v) is 3.51. The highest BCUT2D eigenvalue weighted by molar-refractivity contribution is 5.17. The third kappa shape index (κ3) is 2.06. The van der Waals surface area contributed by atoms with Crippen LogP contribution in [-0.4, -0.2) is 16.1 Å². The van der Waals surface area contributed by atoms with Crippen LogP contribution in [-0.2, 0) is 6.42 Å². The summed E-state index contributed by atoms with van der Waals surface area (Å²) in [5.41, 5.74) is 0. The molecule has 0 aliphatic carbocycles. The number of nitrogens with zero attached hydrogens (tertiary/aromatic N) is 1. The summed E-state index contributed by atoms with van der Waals surface area (Å²) < 4.78 is 4.80. The molecule has 5 heteroatoms. The topological polar surface area (TPSA) is 76.5 Å². The van der Waals surface area contributed by atoms with Crippen LogP contribution < -0.4 is 0 Å². The van der Waals surface area contributed by atoms with E-state index in [1.54, 1.807) is 6.92 Å². The second-order valence-electron chi connectivity index (χ2n) is 2.55. The molecule has 1 rings (SSSR count). The maximum atomic E-state index is 10.1. The van der Waals surface area contributed by atoms with Gasteiger partial charge in [-0.25, -0.2) is 0 Å². The second kappa shape index (κ2) is 3.36. The Bertz CT molecular complexity index is 279. The zero-order chi connectivity index (χ0) is 9.14.